The minimum atomic E-state index is 0.0576. The molecule has 0 fully saturated rings. The minimum absolute atomic E-state index is 0.0576. The van der Waals surface area contributed by atoms with Crippen molar-refractivity contribution in [3.05, 3.63) is 35.4 Å². The topological polar surface area (TPSA) is 77.0 Å². The Morgan fingerprint density at radius 2 is 2.00 bits per heavy atom. The number of nitrogens with one attached hydrogen (secondary N) is 2. The molecule has 1 aromatic rings. The van der Waals surface area contributed by atoms with Crippen LogP contribution in [-0.4, -0.2) is 54.7 Å². The Hall–Kier alpha value is -2.08. The summed E-state index contributed by atoms with van der Waals surface area (Å²) in [5.41, 5.74) is 2.57. The maximum atomic E-state index is 12.6. The molecule has 0 spiro atoms. The molecule has 0 saturated carbocycles. The molecule has 1 aliphatic rings. The van der Waals surface area contributed by atoms with Gasteiger partial charge in [-0.05, 0) is 43.2 Å². The highest BCUT2D eigenvalue weighted by Gasteiger charge is 2.20. The zero-order valence-corrected chi connectivity index (χ0v) is 16.7. The molecule has 1 atom stereocenters. The van der Waals surface area contributed by atoms with E-state index >= 15 is 0 Å². The van der Waals surface area contributed by atoms with Crippen LogP contribution in [0.25, 0.3) is 0 Å². The first kappa shape index (κ1) is 21.2. The van der Waals surface area contributed by atoms with Crippen LogP contribution >= 0.6 is 0 Å². The van der Waals surface area contributed by atoms with Crippen molar-refractivity contribution >= 4 is 11.9 Å². The summed E-state index contributed by atoms with van der Waals surface area (Å²) < 4.78 is 0. The Bertz CT molecular complexity index is 612. The van der Waals surface area contributed by atoms with Crippen LogP contribution in [0, 0.1) is 5.92 Å². The molecule has 6 heteroatoms. The van der Waals surface area contributed by atoms with Crippen molar-refractivity contribution in [3.63, 3.8) is 0 Å². The standard InChI is InChI=1S/C21H34N4O2/c1-3-7-17(11-13-26)14-23-21(22-4-2)24-15-20(27)25-12-10-18-8-5-6-9-19(18)16-25/h5-6,8-9,17,26H,3-4,7,10-16H2,1-2H3,(H2,22,23,24). The van der Waals surface area contributed by atoms with E-state index in [4.69, 9.17) is 0 Å². The quantitative estimate of drug-likeness (QED) is 0.456. The number of aliphatic hydroxyl groups is 1. The third-order valence-corrected chi connectivity index (χ3v) is 4.99. The van der Waals surface area contributed by atoms with Gasteiger partial charge in [0.15, 0.2) is 5.96 Å². The molecule has 1 amide bonds. The third kappa shape index (κ3) is 6.86. The van der Waals surface area contributed by atoms with Gasteiger partial charge in [0.05, 0.1) is 0 Å². The maximum Gasteiger partial charge on any atom is 0.244 e. The Morgan fingerprint density at radius 1 is 1.22 bits per heavy atom. The summed E-state index contributed by atoms with van der Waals surface area (Å²) in [6.07, 6.45) is 3.85. The molecule has 27 heavy (non-hydrogen) atoms. The molecule has 1 aromatic carbocycles. The van der Waals surface area contributed by atoms with Gasteiger partial charge >= 0.3 is 0 Å². The summed E-state index contributed by atoms with van der Waals surface area (Å²) in [5, 5.41) is 15.7. The monoisotopic (exact) mass is 374 g/mol. The highest BCUT2D eigenvalue weighted by Crippen LogP contribution is 2.18. The first-order chi connectivity index (χ1) is 13.2. The van der Waals surface area contributed by atoms with Gasteiger partial charge in [-0.3, -0.25) is 4.79 Å². The molecule has 0 bridgehead atoms. The fourth-order valence-electron chi connectivity index (χ4n) is 3.48. The van der Waals surface area contributed by atoms with E-state index in [0.717, 1.165) is 45.3 Å². The second kappa shape index (κ2) is 11.6. The van der Waals surface area contributed by atoms with Gasteiger partial charge in [-0.25, -0.2) is 4.99 Å². The van der Waals surface area contributed by atoms with E-state index in [-0.39, 0.29) is 19.1 Å². The molecule has 0 aromatic heterocycles. The molecule has 0 radical (unpaired) electrons. The lowest BCUT2D eigenvalue weighted by Gasteiger charge is -2.28. The van der Waals surface area contributed by atoms with Gasteiger partial charge in [0.25, 0.3) is 0 Å². The fraction of sp³-hybridized carbons (Fsp3) is 0.619. The lowest BCUT2D eigenvalue weighted by molar-refractivity contribution is -0.130. The normalized spacial score (nSPS) is 15.2. The van der Waals surface area contributed by atoms with Crippen molar-refractivity contribution in [1.82, 2.24) is 15.5 Å². The Morgan fingerprint density at radius 3 is 2.70 bits per heavy atom. The van der Waals surface area contributed by atoms with E-state index in [2.05, 4.69) is 40.7 Å². The van der Waals surface area contributed by atoms with Crippen molar-refractivity contribution in [3.8, 4) is 0 Å². The smallest absolute Gasteiger partial charge is 0.244 e. The molecule has 1 aliphatic heterocycles. The van der Waals surface area contributed by atoms with Gasteiger partial charge in [0.1, 0.15) is 6.54 Å². The van der Waals surface area contributed by atoms with E-state index in [0.29, 0.717) is 18.4 Å². The van der Waals surface area contributed by atoms with E-state index in [1.807, 2.05) is 17.9 Å². The third-order valence-electron chi connectivity index (χ3n) is 4.99. The van der Waals surface area contributed by atoms with Crippen LogP contribution in [0.1, 0.15) is 44.2 Å². The van der Waals surface area contributed by atoms with Crippen molar-refractivity contribution in [2.24, 2.45) is 10.9 Å². The van der Waals surface area contributed by atoms with Crippen LogP contribution in [-0.2, 0) is 17.8 Å². The average Bonchev–Trinajstić information content (AvgIpc) is 2.69. The van der Waals surface area contributed by atoms with Crippen LogP contribution in [0.4, 0.5) is 0 Å². The van der Waals surface area contributed by atoms with Crippen LogP contribution in [0.5, 0.6) is 0 Å². The fourth-order valence-corrected chi connectivity index (χ4v) is 3.48. The molecule has 0 aliphatic carbocycles. The number of fused-ring (bicyclic) bond motifs is 1. The van der Waals surface area contributed by atoms with E-state index in [1.54, 1.807) is 0 Å². The van der Waals surface area contributed by atoms with Gasteiger partial charge < -0.3 is 20.6 Å². The summed E-state index contributed by atoms with van der Waals surface area (Å²) in [6, 6.07) is 8.31. The summed E-state index contributed by atoms with van der Waals surface area (Å²) in [7, 11) is 0. The van der Waals surface area contributed by atoms with Gasteiger partial charge in [-0.1, -0.05) is 37.6 Å². The zero-order chi connectivity index (χ0) is 19.5. The number of aliphatic imine (C=N–C) groups is 1. The molecule has 3 N–H and O–H groups in total. The van der Waals surface area contributed by atoms with E-state index in [9.17, 15) is 9.90 Å². The van der Waals surface area contributed by atoms with Crippen molar-refractivity contribution < 1.29 is 9.90 Å². The van der Waals surface area contributed by atoms with Gasteiger partial charge in [0, 0.05) is 32.8 Å². The minimum Gasteiger partial charge on any atom is -0.396 e. The molecule has 1 heterocycles. The summed E-state index contributed by atoms with van der Waals surface area (Å²) in [5.74, 6) is 1.14. The molecular formula is C21H34N4O2. The summed E-state index contributed by atoms with van der Waals surface area (Å²) >= 11 is 0. The second-order valence-electron chi connectivity index (χ2n) is 7.08. The summed E-state index contributed by atoms with van der Waals surface area (Å²) in [6.45, 7) is 7.44. The van der Waals surface area contributed by atoms with Crippen LogP contribution in [0.3, 0.4) is 0 Å². The van der Waals surface area contributed by atoms with E-state index in [1.165, 1.54) is 11.1 Å². The average molecular weight is 375 g/mol. The molecule has 0 saturated heterocycles. The number of hydrogen-bond donors (Lipinski definition) is 3. The SMILES string of the molecule is CCCC(CCO)CNC(=NCC(=O)N1CCc2ccccc2C1)NCC. The molecule has 6 nitrogen and oxygen atoms in total. The second-order valence-corrected chi connectivity index (χ2v) is 7.08. The Kier molecular flexibility index (Phi) is 9.11. The lowest BCUT2D eigenvalue weighted by Crippen LogP contribution is -2.42. The number of nitrogens with zero attached hydrogens (tertiary/aromatic N) is 2. The van der Waals surface area contributed by atoms with E-state index < -0.39 is 0 Å². The molecule has 2 rings (SSSR count). The van der Waals surface area contributed by atoms with Crippen molar-refractivity contribution in [1.29, 1.82) is 0 Å². The molecular weight excluding hydrogens is 340 g/mol. The van der Waals surface area contributed by atoms with Crippen molar-refractivity contribution in [2.45, 2.75) is 46.1 Å². The van der Waals surface area contributed by atoms with Crippen LogP contribution < -0.4 is 10.6 Å². The maximum absolute atomic E-state index is 12.6. The largest absolute Gasteiger partial charge is 0.396 e. The van der Waals surface area contributed by atoms with Gasteiger partial charge in [-0.15, -0.1) is 0 Å². The number of carbonyl (C=O) groups is 1. The number of aliphatic hydroxyl groups excluding tert-OH is 1. The predicted molar refractivity (Wildman–Crippen MR) is 110 cm³/mol. The number of hydrogen-bond acceptors (Lipinski definition) is 3. The first-order valence-electron chi connectivity index (χ1n) is 10.2. The Balaban J connectivity index is 1.88. The number of benzene rings is 1. The first-order valence-corrected chi connectivity index (χ1v) is 10.2. The number of rotatable bonds is 9. The van der Waals surface area contributed by atoms with Crippen molar-refractivity contribution in [2.75, 3.05) is 32.8 Å². The van der Waals surface area contributed by atoms with Gasteiger partial charge in [0.2, 0.25) is 5.91 Å². The Labute approximate surface area is 163 Å². The highest BCUT2D eigenvalue weighted by molar-refractivity contribution is 5.85. The number of carbonyl (C=O) groups excluding carboxylic acids is 1. The number of guanidine groups is 1. The lowest BCUT2D eigenvalue weighted by atomic mass is 10.00. The molecule has 1 unspecified atom stereocenters. The summed E-state index contributed by atoms with van der Waals surface area (Å²) in [4.78, 5) is 19.0. The number of amides is 1. The van der Waals surface area contributed by atoms with Gasteiger partial charge in [-0.2, -0.15) is 0 Å². The zero-order valence-electron chi connectivity index (χ0n) is 16.7. The molecule has 150 valence electrons. The highest BCUT2D eigenvalue weighted by atomic mass is 16.3. The van der Waals surface area contributed by atoms with Crippen LogP contribution in [0.2, 0.25) is 0 Å². The van der Waals surface area contributed by atoms with Crippen LogP contribution in [0.15, 0.2) is 29.3 Å². The predicted octanol–water partition coefficient (Wildman–Crippen LogP) is 1.93.